The summed E-state index contributed by atoms with van der Waals surface area (Å²) in [5.41, 5.74) is 3.64. The SMILES string of the molecule is Cc1ccc(CCC(=O)Nc2nc3c(s2)CCCC3)cc1.Cl. The smallest absolute Gasteiger partial charge is 0.226 e. The molecular weight excluding hydrogens is 316 g/mol. The zero-order valence-electron chi connectivity index (χ0n) is 12.7. The summed E-state index contributed by atoms with van der Waals surface area (Å²) in [4.78, 5) is 17.9. The minimum Gasteiger partial charge on any atom is -0.302 e. The highest BCUT2D eigenvalue weighted by atomic mass is 35.5. The van der Waals surface area contributed by atoms with Crippen LogP contribution in [0.1, 0.15) is 41.0 Å². The first-order valence-corrected chi connectivity index (χ1v) is 8.36. The third-order valence-corrected chi connectivity index (χ3v) is 4.93. The van der Waals surface area contributed by atoms with Gasteiger partial charge in [0.05, 0.1) is 5.69 Å². The Balaban J connectivity index is 0.00000176. The average Bonchev–Trinajstić information content (AvgIpc) is 2.88. The number of fused-ring (bicyclic) bond motifs is 1. The minimum atomic E-state index is 0. The van der Waals surface area contributed by atoms with Crippen molar-refractivity contribution >= 4 is 34.8 Å². The van der Waals surface area contributed by atoms with Gasteiger partial charge in [0.15, 0.2) is 5.13 Å². The van der Waals surface area contributed by atoms with E-state index in [1.807, 2.05) is 0 Å². The van der Waals surface area contributed by atoms with Crippen LogP contribution in [0.15, 0.2) is 24.3 Å². The summed E-state index contributed by atoms with van der Waals surface area (Å²) in [6, 6.07) is 8.35. The van der Waals surface area contributed by atoms with E-state index in [1.54, 1.807) is 11.3 Å². The third kappa shape index (κ3) is 4.31. The predicted molar refractivity (Wildman–Crippen MR) is 94.1 cm³/mol. The van der Waals surface area contributed by atoms with Crippen molar-refractivity contribution in [1.82, 2.24) is 4.98 Å². The molecule has 1 amide bonds. The largest absolute Gasteiger partial charge is 0.302 e. The molecule has 0 saturated carbocycles. The Morgan fingerprint density at radius 2 is 1.95 bits per heavy atom. The molecule has 0 unspecified atom stereocenters. The van der Waals surface area contributed by atoms with Gasteiger partial charge in [0, 0.05) is 11.3 Å². The maximum absolute atomic E-state index is 12.0. The van der Waals surface area contributed by atoms with Crippen LogP contribution < -0.4 is 5.32 Å². The topological polar surface area (TPSA) is 42.0 Å². The van der Waals surface area contributed by atoms with Gasteiger partial charge in [-0.2, -0.15) is 0 Å². The molecule has 0 saturated heterocycles. The summed E-state index contributed by atoms with van der Waals surface area (Å²) < 4.78 is 0. The Morgan fingerprint density at radius 1 is 1.23 bits per heavy atom. The molecule has 0 fully saturated rings. The number of thiazole rings is 1. The van der Waals surface area contributed by atoms with Gasteiger partial charge < -0.3 is 5.32 Å². The van der Waals surface area contributed by atoms with Crippen molar-refractivity contribution in [3.63, 3.8) is 0 Å². The van der Waals surface area contributed by atoms with E-state index in [9.17, 15) is 4.79 Å². The monoisotopic (exact) mass is 336 g/mol. The molecule has 2 aromatic rings. The van der Waals surface area contributed by atoms with Gasteiger partial charge in [-0.15, -0.1) is 23.7 Å². The number of nitrogens with zero attached hydrogens (tertiary/aromatic N) is 1. The van der Waals surface area contributed by atoms with Gasteiger partial charge in [-0.1, -0.05) is 29.8 Å². The fraction of sp³-hybridized carbons (Fsp3) is 0.412. The number of nitrogens with one attached hydrogen (secondary N) is 1. The van der Waals surface area contributed by atoms with Crippen LogP contribution in [-0.2, 0) is 24.1 Å². The number of aromatic nitrogens is 1. The average molecular weight is 337 g/mol. The zero-order valence-corrected chi connectivity index (χ0v) is 14.4. The van der Waals surface area contributed by atoms with Crippen molar-refractivity contribution < 1.29 is 4.79 Å². The number of aryl methyl sites for hydroxylation is 4. The lowest BCUT2D eigenvalue weighted by Gasteiger charge is -2.06. The number of rotatable bonds is 4. The predicted octanol–water partition coefficient (Wildman–Crippen LogP) is 4.32. The van der Waals surface area contributed by atoms with Gasteiger partial charge in [-0.05, 0) is 44.6 Å². The molecule has 0 bridgehead atoms. The highest BCUT2D eigenvalue weighted by Gasteiger charge is 2.16. The number of amides is 1. The molecule has 0 atom stereocenters. The summed E-state index contributed by atoms with van der Waals surface area (Å²) >= 11 is 1.64. The first-order valence-electron chi connectivity index (χ1n) is 7.55. The van der Waals surface area contributed by atoms with Crippen molar-refractivity contribution in [3.8, 4) is 0 Å². The van der Waals surface area contributed by atoms with Crippen molar-refractivity contribution in [2.75, 3.05) is 5.32 Å². The first kappa shape index (κ1) is 17.0. The number of benzene rings is 1. The second kappa shape index (κ2) is 7.75. The summed E-state index contributed by atoms with van der Waals surface area (Å²) in [5.74, 6) is 0.0571. The van der Waals surface area contributed by atoms with E-state index in [1.165, 1.54) is 34.5 Å². The number of hydrogen-bond donors (Lipinski definition) is 1. The van der Waals surface area contributed by atoms with Crippen LogP contribution >= 0.6 is 23.7 Å². The summed E-state index contributed by atoms with van der Waals surface area (Å²) in [7, 11) is 0. The van der Waals surface area contributed by atoms with Crippen LogP contribution in [0.5, 0.6) is 0 Å². The first-order chi connectivity index (χ1) is 10.2. The highest BCUT2D eigenvalue weighted by molar-refractivity contribution is 7.15. The fourth-order valence-corrected chi connectivity index (χ4v) is 3.67. The molecule has 22 heavy (non-hydrogen) atoms. The van der Waals surface area contributed by atoms with Crippen molar-refractivity contribution in [2.24, 2.45) is 0 Å². The Labute approximate surface area is 141 Å². The summed E-state index contributed by atoms with van der Waals surface area (Å²) in [6.45, 7) is 2.07. The van der Waals surface area contributed by atoms with Crippen LogP contribution in [0.4, 0.5) is 5.13 Å². The molecule has 5 heteroatoms. The normalized spacial score (nSPS) is 13.1. The second-order valence-electron chi connectivity index (χ2n) is 5.63. The van der Waals surface area contributed by atoms with Gasteiger partial charge in [0.25, 0.3) is 0 Å². The van der Waals surface area contributed by atoms with Crippen LogP contribution in [0.2, 0.25) is 0 Å². The van der Waals surface area contributed by atoms with Gasteiger partial charge in [0.2, 0.25) is 5.91 Å². The molecule has 1 aliphatic rings. The van der Waals surface area contributed by atoms with E-state index >= 15 is 0 Å². The van der Waals surface area contributed by atoms with Crippen LogP contribution in [0.3, 0.4) is 0 Å². The lowest BCUT2D eigenvalue weighted by Crippen LogP contribution is -2.12. The van der Waals surface area contributed by atoms with Gasteiger partial charge in [-0.3, -0.25) is 4.79 Å². The third-order valence-electron chi connectivity index (χ3n) is 3.85. The Bertz CT molecular complexity index is 613. The molecule has 3 rings (SSSR count). The lowest BCUT2D eigenvalue weighted by molar-refractivity contribution is -0.116. The number of anilines is 1. The van der Waals surface area contributed by atoms with Gasteiger partial charge in [-0.25, -0.2) is 4.98 Å². The van der Waals surface area contributed by atoms with Crippen LogP contribution in [0.25, 0.3) is 0 Å². The lowest BCUT2D eigenvalue weighted by atomic mass is 10.0. The van der Waals surface area contributed by atoms with Gasteiger partial charge in [0.1, 0.15) is 0 Å². The maximum atomic E-state index is 12.0. The Kier molecular flexibility index (Phi) is 5.98. The second-order valence-corrected chi connectivity index (χ2v) is 6.71. The number of carbonyl (C=O) groups excluding carboxylic acids is 1. The molecule has 1 aromatic carbocycles. The van der Waals surface area contributed by atoms with E-state index in [-0.39, 0.29) is 18.3 Å². The zero-order chi connectivity index (χ0) is 14.7. The van der Waals surface area contributed by atoms with Crippen LogP contribution in [0, 0.1) is 6.92 Å². The maximum Gasteiger partial charge on any atom is 0.226 e. The number of halogens is 1. The quantitative estimate of drug-likeness (QED) is 0.903. The number of hydrogen-bond acceptors (Lipinski definition) is 3. The van der Waals surface area contributed by atoms with Gasteiger partial charge >= 0.3 is 0 Å². The molecule has 0 spiro atoms. The van der Waals surface area contributed by atoms with E-state index in [4.69, 9.17) is 0 Å². The molecule has 3 nitrogen and oxygen atoms in total. The molecule has 1 N–H and O–H groups in total. The van der Waals surface area contributed by atoms with Crippen LogP contribution in [-0.4, -0.2) is 10.9 Å². The minimum absolute atomic E-state index is 0. The Hall–Kier alpha value is -1.39. The summed E-state index contributed by atoms with van der Waals surface area (Å²) in [6.07, 6.45) is 5.93. The molecule has 1 aromatic heterocycles. The molecule has 1 aliphatic carbocycles. The standard InChI is InChI=1S/C17H20N2OS.ClH/c1-12-6-8-13(9-7-12)10-11-16(20)19-17-18-14-4-2-3-5-15(14)21-17;/h6-9H,2-5,10-11H2,1H3,(H,18,19,20);1H. The molecule has 0 radical (unpaired) electrons. The molecule has 118 valence electrons. The molecule has 1 heterocycles. The number of carbonyl (C=O) groups is 1. The molecular formula is C17H21ClN2OS. The Morgan fingerprint density at radius 3 is 2.68 bits per heavy atom. The molecule has 0 aliphatic heterocycles. The van der Waals surface area contributed by atoms with E-state index < -0.39 is 0 Å². The highest BCUT2D eigenvalue weighted by Crippen LogP contribution is 2.29. The van der Waals surface area contributed by atoms with E-state index in [0.717, 1.165) is 24.4 Å². The van der Waals surface area contributed by atoms with Crippen molar-refractivity contribution in [1.29, 1.82) is 0 Å². The fourth-order valence-electron chi connectivity index (χ4n) is 2.60. The van der Waals surface area contributed by atoms with Crippen molar-refractivity contribution in [2.45, 2.75) is 45.4 Å². The van der Waals surface area contributed by atoms with E-state index in [2.05, 4.69) is 41.5 Å². The van der Waals surface area contributed by atoms with E-state index in [0.29, 0.717) is 6.42 Å². The van der Waals surface area contributed by atoms with Crippen molar-refractivity contribution in [3.05, 3.63) is 46.0 Å². The summed E-state index contributed by atoms with van der Waals surface area (Å²) in [5, 5.41) is 3.72.